The highest BCUT2D eigenvalue weighted by atomic mass is 16.5. The highest BCUT2D eigenvalue weighted by Crippen LogP contribution is 2.26. The molecular formula is C32H27N3O7. The first-order valence-electron chi connectivity index (χ1n) is 12.6. The molecule has 0 unspecified atom stereocenters. The van der Waals surface area contributed by atoms with Gasteiger partial charge in [-0.2, -0.15) is 5.10 Å². The fourth-order valence-electron chi connectivity index (χ4n) is 3.57. The van der Waals surface area contributed by atoms with E-state index in [1.165, 1.54) is 44.9 Å². The van der Waals surface area contributed by atoms with Crippen LogP contribution < -0.4 is 25.0 Å². The summed E-state index contributed by atoms with van der Waals surface area (Å²) in [5, 5.41) is 6.65. The van der Waals surface area contributed by atoms with Crippen LogP contribution in [0.25, 0.3) is 12.2 Å². The Bertz CT molecular complexity index is 1610. The molecule has 4 rings (SSSR count). The number of carbonyl (C=O) groups excluding carboxylic acids is 3. The molecule has 3 aromatic carbocycles. The number of furan rings is 1. The predicted octanol–water partition coefficient (Wildman–Crippen LogP) is 4.84. The van der Waals surface area contributed by atoms with Gasteiger partial charge in [-0.3, -0.25) is 9.59 Å². The van der Waals surface area contributed by atoms with Crippen molar-refractivity contribution in [3.63, 3.8) is 0 Å². The Labute approximate surface area is 241 Å². The van der Waals surface area contributed by atoms with Crippen molar-refractivity contribution in [2.45, 2.75) is 0 Å². The van der Waals surface area contributed by atoms with Crippen LogP contribution in [0.2, 0.25) is 0 Å². The van der Waals surface area contributed by atoms with Gasteiger partial charge in [0.1, 0.15) is 28.7 Å². The fourth-order valence-corrected chi connectivity index (χ4v) is 3.57. The number of nitrogens with zero attached hydrogens (tertiary/aromatic N) is 1. The zero-order valence-electron chi connectivity index (χ0n) is 22.8. The van der Waals surface area contributed by atoms with Gasteiger partial charge in [0.15, 0.2) is 0 Å². The van der Waals surface area contributed by atoms with E-state index in [4.69, 9.17) is 18.6 Å². The van der Waals surface area contributed by atoms with Gasteiger partial charge in [-0.25, -0.2) is 10.2 Å². The highest BCUT2D eigenvalue weighted by Gasteiger charge is 2.16. The van der Waals surface area contributed by atoms with Crippen LogP contribution in [0.4, 0.5) is 0 Å². The lowest BCUT2D eigenvalue weighted by Gasteiger charge is -2.11. The molecule has 212 valence electrons. The van der Waals surface area contributed by atoms with E-state index in [2.05, 4.69) is 15.8 Å². The summed E-state index contributed by atoms with van der Waals surface area (Å²) in [6, 6.07) is 23.5. The largest absolute Gasteiger partial charge is 0.497 e. The molecule has 4 aromatic rings. The van der Waals surface area contributed by atoms with Crippen LogP contribution in [-0.4, -0.2) is 38.2 Å². The number of ether oxygens (including phenoxy) is 3. The summed E-state index contributed by atoms with van der Waals surface area (Å²) in [5.74, 6) is 0.160. The second-order valence-corrected chi connectivity index (χ2v) is 8.52. The van der Waals surface area contributed by atoms with Crippen LogP contribution in [-0.2, 0) is 9.59 Å². The van der Waals surface area contributed by atoms with E-state index in [1.807, 2.05) is 0 Å². The minimum atomic E-state index is -0.665. The molecule has 0 aliphatic carbocycles. The van der Waals surface area contributed by atoms with Crippen LogP contribution in [0.15, 0.2) is 112 Å². The third kappa shape index (κ3) is 8.30. The summed E-state index contributed by atoms with van der Waals surface area (Å²) in [6.45, 7) is 0. The maximum Gasteiger partial charge on any atom is 0.336 e. The Kier molecular flexibility index (Phi) is 10.0. The maximum atomic E-state index is 13.1. The number of methoxy groups -OCH3 is 2. The van der Waals surface area contributed by atoms with Crippen molar-refractivity contribution in [3.8, 4) is 17.2 Å². The number of hydrogen-bond donors (Lipinski definition) is 2. The van der Waals surface area contributed by atoms with E-state index >= 15 is 0 Å². The van der Waals surface area contributed by atoms with Gasteiger partial charge in [-0.1, -0.05) is 18.2 Å². The van der Waals surface area contributed by atoms with Gasteiger partial charge < -0.3 is 23.9 Å². The summed E-state index contributed by atoms with van der Waals surface area (Å²) >= 11 is 0. The molecule has 2 N–H and O–H groups in total. The Morgan fingerprint density at radius 1 is 0.857 bits per heavy atom. The average molecular weight is 566 g/mol. The quantitative estimate of drug-likeness (QED) is 0.0876. The fraction of sp³-hybridized carbons (Fsp3) is 0.0625. The van der Waals surface area contributed by atoms with Crippen molar-refractivity contribution in [2.24, 2.45) is 5.10 Å². The number of esters is 1. The number of rotatable bonds is 11. The van der Waals surface area contributed by atoms with Crippen LogP contribution in [0.3, 0.4) is 0 Å². The Morgan fingerprint density at radius 3 is 2.31 bits per heavy atom. The number of amides is 2. The molecule has 0 radical (unpaired) electrons. The number of hydrogen-bond acceptors (Lipinski definition) is 8. The predicted molar refractivity (Wildman–Crippen MR) is 157 cm³/mol. The van der Waals surface area contributed by atoms with Crippen molar-refractivity contribution in [1.29, 1.82) is 0 Å². The van der Waals surface area contributed by atoms with Gasteiger partial charge >= 0.3 is 5.97 Å². The monoisotopic (exact) mass is 565 g/mol. The molecule has 1 aromatic heterocycles. The number of benzene rings is 3. The molecule has 0 saturated heterocycles. The summed E-state index contributed by atoms with van der Waals surface area (Å²) in [7, 11) is 3.02. The SMILES string of the molecule is COc1ccc(/C=C(\NC(=O)c2ccccc2)C(=O)N/N=C\c2ccc(OC(=O)/C=C/c3ccco3)cc2)c(OC)c1. The molecule has 0 fully saturated rings. The van der Waals surface area contributed by atoms with Crippen LogP contribution in [0, 0.1) is 0 Å². The molecule has 42 heavy (non-hydrogen) atoms. The van der Waals surface area contributed by atoms with E-state index in [1.54, 1.807) is 84.9 Å². The van der Waals surface area contributed by atoms with Crippen molar-refractivity contribution in [2.75, 3.05) is 14.2 Å². The zero-order valence-corrected chi connectivity index (χ0v) is 22.8. The van der Waals surface area contributed by atoms with E-state index in [0.29, 0.717) is 39.7 Å². The normalized spacial score (nSPS) is 11.3. The lowest BCUT2D eigenvalue weighted by atomic mass is 10.1. The van der Waals surface area contributed by atoms with E-state index in [9.17, 15) is 14.4 Å². The number of nitrogens with one attached hydrogen (secondary N) is 2. The van der Waals surface area contributed by atoms with Crippen molar-refractivity contribution in [1.82, 2.24) is 10.7 Å². The molecule has 1 heterocycles. The first-order chi connectivity index (χ1) is 20.4. The molecular weight excluding hydrogens is 538 g/mol. The molecule has 0 spiro atoms. The number of carbonyl (C=O) groups is 3. The van der Waals surface area contributed by atoms with Crippen molar-refractivity contribution >= 4 is 36.2 Å². The lowest BCUT2D eigenvalue weighted by molar-refractivity contribution is -0.129. The van der Waals surface area contributed by atoms with Gasteiger partial charge in [0, 0.05) is 23.3 Å². The molecule has 10 heteroatoms. The summed E-state index contributed by atoms with van der Waals surface area (Å²) < 4.78 is 21.0. The minimum absolute atomic E-state index is 0.0608. The van der Waals surface area contributed by atoms with Crippen LogP contribution in [0.1, 0.15) is 27.2 Å². The summed E-state index contributed by atoms with van der Waals surface area (Å²) in [5.41, 5.74) is 3.89. The van der Waals surface area contributed by atoms with E-state index < -0.39 is 17.8 Å². The molecule has 0 aliphatic heterocycles. The standard InChI is InChI=1S/C32H27N3O7/c1-39-27-15-12-24(29(20-27)40-2)19-28(34-31(37)23-7-4-3-5-8-23)32(38)35-33-21-22-10-13-26(14-11-22)42-30(36)17-16-25-9-6-18-41-25/h3-21H,1-2H3,(H,34,37)(H,35,38)/b17-16+,28-19-,33-21-. The second-order valence-electron chi connectivity index (χ2n) is 8.52. The van der Waals surface area contributed by atoms with E-state index in [0.717, 1.165) is 0 Å². The highest BCUT2D eigenvalue weighted by molar-refractivity contribution is 6.05. The molecule has 0 aliphatic rings. The first-order valence-corrected chi connectivity index (χ1v) is 12.6. The summed E-state index contributed by atoms with van der Waals surface area (Å²) in [6.07, 6.45) is 7.15. The first kappa shape index (κ1) is 29.1. The van der Waals surface area contributed by atoms with Crippen LogP contribution in [0.5, 0.6) is 17.2 Å². The van der Waals surface area contributed by atoms with Gasteiger partial charge in [0.25, 0.3) is 11.8 Å². The molecule has 10 nitrogen and oxygen atoms in total. The second kappa shape index (κ2) is 14.5. The topological polar surface area (TPSA) is 128 Å². The lowest BCUT2D eigenvalue weighted by Crippen LogP contribution is -2.32. The van der Waals surface area contributed by atoms with Gasteiger partial charge in [0.05, 0.1) is 26.7 Å². The average Bonchev–Trinajstić information content (AvgIpc) is 3.55. The Balaban J connectivity index is 1.44. The number of hydrazone groups is 1. The van der Waals surface area contributed by atoms with Gasteiger partial charge in [-0.05, 0) is 78.4 Å². The van der Waals surface area contributed by atoms with Crippen LogP contribution >= 0.6 is 0 Å². The van der Waals surface area contributed by atoms with Gasteiger partial charge in [-0.15, -0.1) is 0 Å². The third-order valence-corrected chi connectivity index (χ3v) is 5.67. The smallest absolute Gasteiger partial charge is 0.336 e. The molecule has 0 bridgehead atoms. The van der Waals surface area contributed by atoms with Crippen molar-refractivity contribution < 1.29 is 33.0 Å². The Morgan fingerprint density at radius 2 is 1.62 bits per heavy atom. The molecule has 2 amide bonds. The van der Waals surface area contributed by atoms with Crippen molar-refractivity contribution in [3.05, 3.63) is 125 Å². The maximum absolute atomic E-state index is 13.1. The minimum Gasteiger partial charge on any atom is -0.497 e. The Hall–Kier alpha value is -5.90. The zero-order chi connectivity index (χ0) is 29.7. The molecule has 0 atom stereocenters. The van der Waals surface area contributed by atoms with Gasteiger partial charge in [0.2, 0.25) is 0 Å². The van der Waals surface area contributed by atoms with E-state index in [-0.39, 0.29) is 5.70 Å². The molecule has 0 saturated carbocycles. The third-order valence-electron chi connectivity index (χ3n) is 5.67. The summed E-state index contributed by atoms with van der Waals surface area (Å²) in [4.78, 5) is 37.9.